The van der Waals surface area contributed by atoms with E-state index in [1.54, 1.807) is 6.07 Å². The van der Waals surface area contributed by atoms with Gasteiger partial charge in [0, 0.05) is 5.54 Å². The number of benzene rings is 1. The molecule has 0 unspecified atom stereocenters. The Bertz CT molecular complexity index is 292. The van der Waals surface area contributed by atoms with Gasteiger partial charge in [-0.25, -0.2) is 0 Å². The Morgan fingerprint density at radius 3 is 2.92 bits per heavy atom. The Labute approximate surface area is 77.3 Å². The van der Waals surface area contributed by atoms with Crippen LogP contribution in [0, 0.1) is 6.92 Å². The van der Waals surface area contributed by atoms with Gasteiger partial charge in [0.25, 0.3) is 0 Å². The van der Waals surface area contributed by atoms with Gasteiger partial charge in [0.05, 0.1) is 0 Å². The van der Waals surface area contributed by atoms with Crippen LogP contribution in [0.1, 0.15) is 11.1 Å². The van der Waals surface area contributed by atoms with Crippen molar-refractivity contribution in [2.75, 3.05) is 0 Å². The first-order valence-corrected chi connectivity index (χ1v) is 4.22. The van der Waals surface area contributed by atoms with Gasteiger partial charge in [-0.1, -0.05) is 29.8 Å². The highest BCUT2D eigenvalue weighted by molar-refractivity contribution is 6.25. The monoisotopic (exact) mass is 182 g/mol. The average molecular weight is 183 g/mol. The molecule has 0 fully saturated rings. The number of phenols is 1. The van der Waals surface area contributed by atoms with Crippen LogP contribution in [0.15, 0.2) is 29.8 Å². The number of halogens is 1. The number of allylic oxidation sites excluding steroid dienone is 1. The third kappa shape index (κ3) is 2.02. The molecule has 1 nitrogen and oxygen atoms in total. The van der Waals surface area contributed by atoms with E-state index >= 15 is 0 Å². The first-order chi connectivity index (χ1) is 5.75. The van der Waals surface area contributed by atoms with Crippen LogP contribution in [0.4, 0.5) is 0 Å². The van der Waals surface area contributed by atoms with Crippen LogP contribution in [0.25, 0.3) is 0 Å². The van der Waals surface area contributed by atoms with E-state index in [4.69, 9.17) is 11.6 Å². The largest absolute Gasteiger partial charge is 0.508 e. The molecule has 64 valence electrons. The fourth-order valence-electron chi connectivity index (χ4n) is 1.06. The molecule has 2 heteroatoms. The van der Waals surface area contributed by atoms with Crippen molar-refractivity contribution in [1.29, 1.82) is 0 Å². The Morgan fingerprint density at radius 1 is 1.50 bits per heavy atom. The number of phenolic OH excluding ortho intramolecular Hbond substituents is 1. The lowest BCUT2D eigenvalue weighted by Crippen LogP contribution is -1.86. The van der Waals surface area contributed by atoms with Gasteiger partial charge in [0.15, 0.2) is 0 Å². The summed E-state index contributed by atoms with van der Waals surface area (Å²) in [5, 5.41) is 9.34. The summed E-state index contributed by atoms with van der Waals surface area (Å²) in [4.78, 5) is 0. The predicted octanol–water partition coefficient (Wildman–Crippen LogP) is 3.00. The first kappa shape index (κ1) is 9.14. The molecule has 1 N–H and O–H groups in total. The van der Waals surface area contributed by atoms with Crippen molar-refractivity contribution in [2.24, 2.45) is 0 Å². The standard InChI is InChI=1S/C10H11ClO/c1-8-9(5-3-7-11)4-2-6-10(8)12/h2-4,6-7,12H,5H2,1H3. The molecule has 0 saturated carbocycles. The third-order valence-electron chi connectivity index (χ3n) is 1.84. The minimum atomic E-state index is 0.343. The molecule has 1 aromatic rings. The summed E-state index contributed by atoms with van der Waals surface area (Å²) in [6, 6.07) is 5.49. The summed E-state index contributed by atoms with van der Waals surface area (Å²) in [5.41, 5.74) is 3.52. The van der Waals surface area contributed by atoms with Crippen molar-refractivity contribution in [3.8, 4) is 5.75 Å². The molecule has 0 radical (unpaired) electrons. The molecule has 1 rings (SSSR count). The molecule has 0 atom stereocenters. The van der Waals surface area contributed by atoms with Crippen LogP contribution in [0.2, 0.25) is 0 Å². The zero-order valence-corrected chi connectivity index (χ0v) is 7.67. The molecular formula is C10H11ClO. The second-order valence-electron chi connectivity index (χ2n) is 2.63. The van der Waals surface area contributed by atoms with Gasteiger partial charge in [0.1, 0.15) is 5.75 Å². The van der Waals surface area contributed by atoms with E-state index in [1.807, 2.05) is 25.1 Å². The van der Waals surface area contributed by atoms with Crippen molar-refractivity contribution < 1.29 is 5.11 Å². The van der Waals surface area contributed by atoms with Crippen LogP contribution < -0.4 is 0 Å². The summed E-state index contributed by atoms with van der Waals surface area (Å²) >= 11 is 5.40. The lowest BCUT2D eigenvalue weighted by atomic mass is 10.1. The van der Waals surface area contributed by atoms with Gasteiger partial charge in [0.2, 0.25) is 0 Å². The molecule has 0 aliphatic heterocycles. The van der Waals surface area contributed by atoms with Crippen LogP contribution in [0.5, 0.6) is 5.75 Å². The van der Waals surface area contributed by atoms with Crippen molar-refractivity contribution >= 4 is 11.6 Å². The highest BCUT2D eigenvalue weighted by atomic mass is 35.5. The minimum Gasteiger partial charge on any atom is -0.508 e. The highest BCUT2D eigenvalue weighted by Crippen LogP contribution is 2.19. The topological polar surface area (TPSA) is 20.2 Å². The van der Waals surface area contributed by atoms with Crippen molar-refractivity contribution in [3.63, 3.8) is 0 Å². The molecule has 0 aliphatic rings. The van der Waals surface area contributed by atoms with Crippen LogP contribution in [-0.4, -0.2) is 5.11 Å². The van der Waals surface area contributed by atoms with Gasteiger partial charge in [-0.3, -0.25) is 0 Å². The molecule has 0 aromatic heterocycles. The molecule has 0 spiro atoms. The molecule has 0 bridgehead atoms. The van der Waals surface area contributed by atoms with E-state index < -0.39 is 0 Å². The summed E-state index contributed by atoms with van der Waals surface area (Å²) in [5.74, 6) is 0.343. The number of hydrogen-bond donors (Lipinski definition) is 1. The van der Waals surface area contributed by atoms with Gasteiger partial charge < -0.3 is 5.11 Å². The van der Waals surface area contributed by atoms with Crippen molar-refractivity contribution in [1.82, 2.24) is 0 Å². The molecule has 0 aliphatic carbocycles. The van der Waals surface area contributed by atoms with Crippen molar-refractivity contribution in [2.45, 2.75) is 13.3 Å². The molecule has 0 saturated heterocycles. The second-order valence-corrected chi connectivity index (χ2v) is 2.88. The Hall–Kier alpha value is -0.950. The number of rotatable bonds is 2. The van der Waals surface area contributed by atoms with Gasteiger partial charge >= 0.3 is 0 Å². The maximum absolute atomic E-state index is 9.34. The SMILES string of the molecule is Cc1c(O)cccc1CC=CCl. The molecular weight excluding hydrogens is 172 g/mol. The van der Waals surface area contributed by atoms with Gasteiger partial charge in [-0.15, -0.1) is 0 Å². The lowest BCUT2D eigenvalue weighted by Gasteiger charge is -2.03. The zero-order chi connectivity index (χ0) is 8.97. The fourth-order valence-corrected chi connectivity index (χ4v) is 1.15. The second kappa shape index (κ2) is 4.17. The summed E-state index contributed by atoms with van der Waals surface area (Å²) in [7, 11) is 0. The maximum Gasteiger partial charge on any atom is 0.118 e. The Balaban J connectivity index is 2.92. The smallest absolute Gasteiger partial charge is 0.118 e. The summed E-state index contributed by atoms with van der Waals surface area (Å²) in [6.07, 6.45) is 2.62. The number of aromatic hydroxyl groups is 1. The quantitative estimate of drug-likeness (QED) is 0.746. The van der Waals surface area contributed by atoms with Gasteiger partial charge in [-0.2, -0.15) is 0 Å². The van der Waals surface area contributed by atoms with E-state index in [-0.39, 0.29) is 0 Å². The van der Waals surface area contributed by atoms with E-state index in [0.717, 1.165) is 17.5 Å². The van der Waals surface area contributed by atoms with Crippen molar-refractivity contribution in [3.05, 3.63) is 40.9 Å². The molecule has 0 heterocycles. The van der Waals surface area contributed by atoms with E-state index in [2.05, 4.69) is 0 Å². The zero-order valence-electron chi connectivity index (χ0n) is 6.92. The average Bonchev–Trinajstić information content (AvgIpc) is 2.08. The summed E-state index contributed by atoms with van der Waals surface area (Å²) in [6.45, 7) is 1.90. The van der Waals surface area contributed by atoms with Gasteiger partial charge in [-0.05, 0) is 30.5 Å². The molecule has 0 amide bonds. The third-order valence-corrected chi connectivity index (χ3v) is 2.02. The number of hydrogen-bond acceptors (Lipinski definition) is 1. The normalized spacial score (nSPS) is 10.8. The van der Waals surface area contributed by atoms with E-state index in [9.17, 15) is 5.11 Å². The summed E-state index contributed by atoms with van der Waals surface area (Å²) < 4.78 is 0. The first-order valence-electron chi connectivity index (χ1n) is 3.78. The lowest BCUT2D eigenvalue weighted by molar-refractivity contribution is 0.470. The van der Waals surface area contributed by atoms with Crippen LogP contribution in [0.3, 0.4) is 0 Å². The van der Waals surface area contributed by atoms with E-state index in [0.29, 0.717) is 5.75 Å². The maximum atomic E-state index is 9.34. The van der Waals surface area contributed by atoms with Crippen LogP contribution >= 0.6 is 11.6 Å². The molecule has 1 aromatic carbocycles. The highest BCUT2D eigenvalue weighted by Gasteiger charge is 1.99. The predicted molar refractivity (Wildman–Crippen MR) is 51.5 cm³/mol. The minimum absolute atomic E-state index is 0.343. The molecule has 12 heavy (non-hydrogen) atoms. The Morgan fingerprint density at radius 2 is 2.25 bits per heavy atom. The van der Waals surface area contributed by atoms with E-state index in [1.165, 1.54) is 5.54 Å². The van der Waals surface area contributed by atoms with Crippen LogP contribution in [-0.2, 0) is 6.42 Å². The fraction of sp³-hybridized carbons (Fsp3) is 0.200. The Kier molecular flexibility index (Phi) is 3.18.